The standard InChI is InChI=1S/C18H14ClN5O4S.C11H10Cl2N2O2.C7H5N3O2S/c19-10-3-1-9(2-4-10)12(25)5-13-22-14(28-23-13)6-24-8-21-17-15(18(24)27)11(7-29-17)16(20)26;12-6-11-14-10(15-17-11)5-9(16)7-1-3-8(13)4-2-7;8-5(11)3-1-13-7-4(3)6(12)9-2-10-7/h1-4,7-8,12,25H,5-6H2,(H2,20,26);1-4,9,16H,5-6H2;1-2H,(H2,8,11)(H,9,10,12)/t12-;9-;/m00./s1. The molecule has 2 aromatic carbocycles. The zero-order valence-electron chi connectivity index (χ0n) is 30.0. The van der Waals surface area contributed by atoms with Crippen LogP contribution in [0.1, 0.15) is 67.5 Å². The predicted octanol–water partition coefficient (Wildman–Crippen LogP) is 4.74. The van der Waals surface area contributed by atoms with Gasteiger partial charge in [0, 0.05) is 33.6 Å². The molecule has 0 aliphatic heterocycles. The number of carbonyl (C=O) groups is 2. The number of nitrogens with one attached hydrogen (secondary N) is 1. The summed E-state index contributed by atoms with van der Waals surface area (Å²) in [6.45, 7) is -0.0279. The van der Waals surface area contributed by atoms with Gasteiger partial charge in [0.2, 0.25) is 23.6 Å². The molecule has 0 saturated heterocycles. The highest BCUT2D eigenvalue weighted by molar-refractivity contribution is 7.17. The van der Waals surface area contributed by atoms with Gasteiger partial charge in [-0.05, 0) is 35.4 Å². The molecule has 8 aromatic rings. The van der Waals surface area contributed by atoms with E-state index >= 15 is 0 Å². The Hall–Kier alpha value is -5.87. The van der Waals surface area contributed by atoms with Crippen molar-refractivity contribution in [3.8, 4) is 0 Å². The summed E-state index contributed by atoms with van der Waals surface area (Å²) in [5.41, 5.74) is 11.4. The van der Waals surface area contributed by atoms with Gasteiger partial charge in [0.25, 0.3) is 11.1 Å². The topological polar surface area (TPSA) is 285 Å². The van der Waals surface area contributed by atoms with Gasteiger partial charge in [-0.2, -0.15) is 9.97 Å². The van der Waals surface area contributed by atoms with Crippen molar-refractivity contribution in [3.05, 3.63) is 148 Å². The molecule has 6 heterocycles. The van der Waals surface area contributed by atoms with E-state index in [-0.39, 0.29) is 64.4 Å². The second kappa shape index (κ2) is 19.3. The molecule has 2 amide bonds. The number of thiophene rings is 2. The Bertz CT molecular complexity index is 2840. The number of aliphatic hydroxyl groups excluding tert-OH is 2. The third-order valence-corrected chi connectivity index (χ3v) is 10.7. The largest absolute Gasteiger partial charge is 0.388 e. The van der Waals surface area contributed by atoms with Crippen LogP contribution >= 0.6 is 57.5 Å². The minimum Gasteiger partial charge on any atom is -0.388 e. The highest BCUT2D eigenvalue weighted by atomic mass is 35.5. The fourth-order valence-electron chi connectivity index (χ4n) is 5.29. The number of fused-ring (bicyclic) bond motifs is 2. The summed E-state index contributed by atoms with van der Waals surface area (Å²) in [5, 5.41) is 32.5. The predicted molar refractivity (Wildman–Crippen MR) is 219 cm³/mol. The van der Waals surface area contributed by atoms with E-state index in [9.17, 15) is 29.4 Å². The lowest BCUT2D eigenvalue weighted by Crippen LogP contribution is -2.23. The summed E-state index contributed by atoms with van der Waals surface area (Å²) < 4.78 is 11.3. The van der Waals surface area contributed by atoms with Crippen LogP contribution in [0.25, 0.3) is 20.4 Å². The lowest BCUT2D eigenvalue weighted by atomic mass is 10.1. The Balaban J connectivity index is 0.000000165. The lowest BCUT2D eigenvalue weighted by molar-refractivity contribution is 0.0993. The highest BCUT2D eigenvalue weighted by Gasteiger charge is 2.19. The van der Waals surface area contributed by atoms with E-state index < -0.39 is 29.6 Å². The number of aliphatic hydroxyl groups is 2. The minimum absolute atomic E-state index is 0.0279. The van der Waals surface area contributed by atoms with E-state index in [1.54, 1.807) is 48.5 Å². The van der Waals surface area contributed by atoms with Crippen molar-refractivity contribution in [1.82, 2.24) is 39.8 Å². The van der Waals surface area contributed by atoms with Crippen molar-refractivity contribution in [3.63, 3.8) is 0 Å². The van der Waals surface area contributed by atoms with Crippen LogP contribution in [-0.2, 0) is 25.3 Å². The van der Waals surface area contributed by atoms with Crippen molar-refractivity contribution >= 4 is 89.7 Å². The van der Waals surface area contributed by atoms with E-state index in [0.717, 1.165) is 5.56 Å². The summed E-state index contributed by atoms with van der Waals surface area (Å²) in [4.78, 5) is 66.0. The van der Waals surface area contributed by atoms with E-state index in [1.807, 2.05) is 0 Å². The van der Waals surface area contributed by atoms with Gasteiger partial charge in [-0.15, -0.1) is 34.3 Å². The Kier molecular flexibility index (Phi) is 13.9. The molecule has 59 heavy (non-hydrogen) atoms. The molecule has 0 aliphatic rings. The van der Waals surface area contributed by atoms with E-state index in [2.05, 4.69) is 35.2 Å². The molecule has 0 fully saturated rings. The zero-order chi connectivity index (χ0) is 42.2. The number of hydrogen-bond donors (Lipinski definition) is 5. The fourth-order valence-corrected chi connectivity index (χ4v) is 7.43. The Morgan fingerprint density at radius 3 is 1.76 bits per heavy atom. The van der Waals surface area contributed by atoms with Gasteiger partial charge in [-0.25, -0.2) is 9.97 Å². The van der Waals surface area contributed by atoms with Crippen LogP contribution < -0.4 is 22.6 Å². The highest BCUT2D eigenvalue weighted by Crippen LogP contribution is 2.23. The summed E-state index contributed by atoms with van der Waals surface area (Å²) in [6, 6.07) is 13.8. The maximum atomic E-state index is 12.7. The number of carbonyl (C=O) groups excluding carboxylic acids is 2. The van der Waals surface area contributed by atoms with E-state index in [0.29, 0.717) is 37.0 Å². The SMILES string of the molecule is NC(=O)c1csc2nc[nH]c(=O)c12.NC(=O)c1csc2ncn(Cc3nc(C[C@H](O)c4ccc(Cl)cc4)no3)c(=O)c12.O[C@@H](Cc1noc(CCl)n1)c1ccc(Cl)cc1. The van der Waals surface area contributed by atoms with Crippen molar-refractivity contribution in [2.45, 2.75) is 37.5 Å². The zero-order valence-corrected chi connectivity index (χ0v) is 33.9. The molecule has 8 rings (SSSR count). The lowest BCUT2D eigenvalue weighted by Gasteiger charge is -2.08. The number of rotatable bonds is 11. The van der Waals surface area contributed by atoms with Crippen molar-refractivity contribution in [2.24, 2.45) is 11.5 Å². The molecule has 0 saturated carbocycles. The summed E-state index contributed by atoms with van der Waals surface area (Å²) in [7, 11) is 0. The molecule has 23 heteroatoms. The molecule has 7 N–H and O–H groups in total. The normalized spacial score (nSPS) is 12.0. The van der Waals surface area contributed by atoms with Gasteiger partial charge in [-0.3, -0.25) is 23.7 Å². The van der Waals surface area contributed by atoms with Crippen LogP contribution in [-0.4, -0.2) is 61.8 Å². The molecule has 0 unspecified atom stereocenters. The monoisotopic (exact) mass is 898 g/mol. The van der Waals surface area contributed by atoms with Gasteiger partial charge in [-0.1, -0.05) is 57.8 Å². The first-order valence-corrected chi connectivity index (χ1v) is 19.9. The van der Waals surface area contributed by atoms with Crippen molar-refractivity contribution in [2.75, 3.05) is 0 Å². The average Bonchev–Trinajstić information content (AvgIpc) is 4.04. The molecule has 18 nitrogen and oxygen atoms in total. The van der Waals surface area contributed by atoms with Crippen LogP contribution in [0.5, 0.6) is 0 Å². The number of amides is 2. The van der Waals surface area contributed by atoms with Gasteiger partial charge in [0.1, 0.15) is 22.1 Å². The Morgan fingerprint density at radius 2 is 1.25 bits per heavy atom. The molecule has 0 spiro atoms. The molecule has 6 aromatic heterocycles. The van der Waals surface area contributed by atoms with Crippen LogP contribution in [0, 0.1) is 0 Å². The summed E-state index contributed by atoms with van der Waals surface area (Å²) >= 11 is 19.5. The van der Waals surface area contributed by atoms with Crippen molar-refractivity contribution < 1.29 is 28.8 Å². The number of H-pyrrole nitrogens is 1. The number of nitrogens with two attached hydrogens (primary N) is 2. The van der Waals surface area contributed by atoms with Crippen molar-refractivity contribution in [1.29, 1.82) is 0 Å². The van der Waals surface area contributed by atoms with Gasteiger partial charge in [0.15, 0.2) is 11.6 Å². The first-order valence-electron chi connectivity index (χ1n) is 16.9. The molecule has 0 radical (unpaired) electrons. The summed E-state index contributed by atoms with van der Waals surface area (Å²) in [5.74, 6) is 0.117. The van der Waals surface area contributed by atoms with Crippen LogP contribution in [0.3, 0.4) is 0 Å². The Morgan fingerprint density at radius 1 is 0.763 bits per heavy atom. The third kappa shape index (κ3) is 10.6. The number of primary amides is 2. The molecular formula is C36H29Cl3N10O8S2. The van der Waals surface area contributed by atoms with Gasteiger partial charge in [0.05, 0.1) is 46.8 Å². The van der Waals surface area contributed by atoms with Crippen LogP contribution in [0.4, 0.5) is 0 Å². The number of halogens is 3. The second-order valence-corrected chi connectivity index (χ2v) is 15.0. The fraction of sp³-hybridized carbons (Fsp3) is 0.167. The molecule has 0 aliphatic carbocycles. The number of hydrogen-bond acceptors (Lipinski definition) is 16. The smallest absolute Gasteiger partial charge is 0.263 e. The molecule has 0 bridgehead atoms. The van der Waals surface area contributed by atoms with Gasteiger partial charge >= 0.3 is 0 Å². The number of nitrogens with zero attached hydrogens (tertiary/aromatic N) is 7. The van der Waals surface area contributed by atoms with Gasteiger partial charge < -0.3 is 35.7 Å². The quantitative estimate of drug-likeness (QED) is 0.110. The Labute approximate surface area is 354 Å². The van der Waals surface area contributed by atoms with Crippen LogP contribution in [0.2, 0.25) is 10.0 Å². The summed E-state index contributed by atoms with van der Waals surface area (Å²) in [6.07, 6.45) is 1.54. The first kappa shape index (κ1) is 42.7. The molecule has 304 valence electrons. The first-order chi connectivity index (χ1) is 28.3. The van der Waals surface area contributed by atoms with E-state index in [1.165, 1.54) is 50.7 Å². The van der Waals surface area contributed by atoms with Crippen LogP contribution in [0.15, 0.2) is 90.6 Å². The number of alkyl halides is 1. The molecular weight excluding hydrogens is 871 g/mol. The third-order valence-electron chi connectivity index (χ3n) is 8.17. The molecule has 2 atom stereocenters. The second-order valence-electron chi connectivity index (χ2n) is 12.2. The average molecular weight is 900 g/mol. The maximum Gasteiger partial charge on any atom is 0.263 e. The number of benzene rings is 2. The number of aromatic nitrogens is 8. The maximum absolute atomic E-state index is 12.7. The van der Waals surface area contributed by atoms with E-state index in [4.69, 9.17) is 55.3 Å². The minimum atomic E-state index is -0.831. The number of aromatic amines is 1.